The van der Waals surface area contributed by atoms with Crippen molar-refractivity contribution < 1.29 is 0 Å². The van der Waals surface area contributed by atoms with E-state index >= 15 is 0 Å². The van der Waals surface area contributed by atoms with Crippen molar-refractivity contribution in [2.24, 2.45) is 5.92 Å². The summed E-state index contributed by atoms with van der Waals surface area (Å²) in [5.41, 5.74) is 1.35. The molecule has 1 nitrogen and oxygen atoms in total. The van der Waals surface area contributed by atoms with Crippen molar-refractivity contribution >= 4 is 31.9 Å². The Kier molecular flexibility index (Phi) is 6.01. The zero-order valence-corrected chi connectivity index (χ0v) is 13.2. The highest BCUT2D eigenvalue weighted by Gasteiger charge is 2.19. The van der Waals surface area contributed by atoms with Crippen molar-refractivity contribution in [3.05, 3.63) is 32.7 Å². The lowest BCUT2D eigenvalue weighted by Gasteiger charge is -2.25. The van der Waals surface area contributed by atoms with Gasteiger partial charge in [-0.05, 0) is 30.2 Å². The molecule has 0 saturated heterocycles. The summed E-state index contributed by atoms with van der Waals surface area (Å²) in [6.45, 7) is 7.68. The molecule has 0 aliphatic heterocycles. The Balaban J connectivity index is 3.00. The van der Waals surface area contributed by atoms with Gasteiger partial charge < -0.3 is 5.32 Å². The van der Waals surface area contributed by atoms with Crippen LogP contribution in [-0.4, -0.2) is 6.54 Å². The summed E-state index contributed by atoms with van der Waals surface area (Å²) in [5.74, 6) is 0.637. The lowest BCUT2D eigenvalue weighted by Crippen LogP contribution is -2.26. The molecule has 3 heteroatoms. The standard InChI is InChI=1S/C13H19Br2N/c1-4-9(3)13(16-5-2)11-7-6-10(14)8-12(11)15/h6-9,13,16H,4-5H2,1-3H3. The van der Waals surface area contributed by atoms with Gasteiger partial charge in [-0.1, -0.05) is 65.1 Å². The van der Waals surface area contributed by atoms with E-state index in [9.17, 15) is 0 Å². The van der Waals surface area contributed by atoms with E-state index in [2.05, 4.69) is 76.1 Å². The van der Waals surface area contributed by atoms with Gasteiger partial charge in [-0.25, -0.2) is 0 Å². The monoisotopic (exact) mass is 347 g/mol. The van der Waals surface area contributed by atoms with E-state index in [1.807, 2.05) is 0 Å². The van der Waals surface area contributed by atoms with Crippen LogP contribution >= 0.6 is 31.9 Å². The first kappa shape index (κ1) is 14.2. The first-order valence-electron chi connectivity index (χ1n) is 5.78. The van der Waals surface area contributed by atoms with Gasteiger partial charge in [-0.3, -0.25) is 0 Å². The molecule has 0 fully saturated rings. The van der Waals surface area contributed by atoms with Gasteiger partial charge >= 0.3 is 0 Å². The van der Waals surface area contributed by atoms with Crippen LogP contribution in [0.15, 0.2) is 27.1 Å². The number of hydrogen-bond donors (Lipinski definition) is 1. The van der Waals surface area contributed by atoms with E-state index in [-0.39, 0.29) is 0 Å². The second-order valence-electron chi connectivity index (χ2n) is 4.09. The number of benzene rings is 1. The largest absolute Gasteiger partial charge is 0.310 e. The average molecular weight is 349 g/mol. The smallest absolute Gasteiger partial charge is 0.0357 e. The third-order valence-electron chi connectivity index (χ3n) is 2.93. The number of hydrogen-bond acceptors (Lipinski definition) is 1. The molecular formula is C13H19Br2N. The normalized spacial score (nSPS) is 14.8. The number of rotatable bonds is 5. The van der Waals surface area contributed by atoms with Gasteiger partial charge in [0, 0.05) is 15.0 Å². The SMILES string of the molecule is CCNC(c1ccc(Br)cc1Br)C(C)CC. The molecule has 0 spiro atoms. The van der Waals surface area contributed by atoms with Crippen molar-refractivity contribution in [2.45, 2.75) is 33.2 Å². The van der Waals surface area contributed by atoms with Crippen molar-refractivity contribution in [3.63, 3.8) is 0 Å². The predicted octanol–water partition coefficient (Wildman–Crippen LogP) is 4.91. The lowest BCUT2D eigenvalue weighted by atomic mass is 9.92. The van der Waals surface area contributed by atoms with E-state index in [1.165, 1.54) is 16.5 Å². The third kappa shape index (κ3) is 3.57. The van der Waals surface area contributed by atoms with Crippen molar-refractivity contribution in [1.82, 2.24) is 5.32 Å². The van der Waals surface area contributed by atoms with Crippen LogP contribution in [0.5, 0.6) is 0 Å². The lowest BCUT2D eigenvalue weighted by molar-refractivity contribution is 0.383. The van der Waals surface area contributed by atoms with Gasteiger partial charge in [0.05, 0.1) is 0 Å². The fourth-order valence-electron chi connectivity index (χ4n) is 1.83. The van der Waals surface area contributed by atoms with E-state index in [4.69, 9.17) is 0 Å². The van der Waals surface area contributed by atoms with E-state index in [1.54, 1.807) is 0 Å². The highest BCUT2D eigenvalue weighted by atomic mass is 79.9. The maximum absolute atomic E-state index is 3.65. The molecule has 0 aromatic heterocycles. The molecule has 2 atom stereocenters. The Morgan fingerprint density at radius 2 is 1.94 bits per heavy atom. The zero-order valence-electron chi connectivity index (χ0n) is 10.1. The summed E-state index contributed by atoms with van der Waals surface area (Å²) in [7, 11) is 0. The number of halogens is 2. The second-order valence-corrected chi connectivity index (χ2v) is 5.86. The summed E-state index contributed by atoms with van der Waals surface area (Å²) >= 11 is 7.13. The highest BCUT2D eigenvalue weighted by Crippen LogP contribution is 2.32. The van der Waals surface area contributed by atoms with E-state index in [0.717, 1.165) is 11.0 Å². The molecule has 0 aliphatic rings. The van der Waals surface area contributed by atoms with Gasteiger partial charge in [0.15, 0.2) is 0 Å². The van der Waals surface area contributed by atoms with Crippen LogP contribution in [0.3, 0.4) is 0 Å². The minimum Gasteiger partial charge on any atom is -0.310 e. The van der Waals surface area contributed by atoms with Crippen LogP contribution in [0, 0.1) is 5.92 Å². The minimum atomic E-state index is 0.428. The Bertz CT molecular complexity index is 339. The van der Waals surface area contributed by atoms with Gasteiger partial charge in [0.2, 0.25) is 0 Å². The molecule has 0 heterocycles. The molecule has 1 rings (SSSR count). The maximum atomic E-state index is 3.65. The molecule has 90 valence electrons. The Labute approximate surface area is 115 Å². The third-order valence-corrected chi connectivity index (χ3v) is 4.11. The topological polar surface area (TPSA) is 12.0 Å². The Hall–Kier alpha value is 0.140. The van der Waals surface area contributed by atoms with E-state index < -0.39 is 0 Å². The fraction of sp³-hybridized carbons (Fsp3) is 0.538. The van der Waals surface area contributed by atoms with Gasteiger partial charge in [0.25, 0.3) is 0 Å². The van der Waals surface area contributed by atoms with Gasteiger partial charge in [-0.2, -0.15) is 0 Å². The average Bonchev–Trinajstić information content (AvgIpc) is 2.26. The highest BCUT2D eigenvalue weighted by molar-refractivity contribution is 9.11. The van der Waals surface area contributed by atoms with Crippen LogP contribution < -0.4 is 5.32 Å². The molecule has 1 aromatic carbocycles. The molecule has 0 amide bonds. The number of nitrogens with one attached hydrogen (secondary N) is 1. The van der Waals surface area contributed by atoms with Crippen molar-refractivity contribution in [1.29, 1.82) is 0 Å². The second kappa shape index (κ2) is 6.77. The summed E-state index contributed by atoms with van der Waals surface area (Å²) in [6, 6.07) is 6.83. The van der Waals surface area contributed by atoms with Crippen LogP contribution in [0.25, 0.3) is 0 Å². The quantitative estimate of drug-likeness (QED) is 0.797. The minimum absolute atomic E-state index is 0.428. The predicted molar refractivity (Wildman–Crippen MR) is 77.7 cm³/mol. The molecule has 1 N–H and O–H groups in total. The summed E-state index contributed by atoms with van der Waals surface area (Å²) in [6.07, 6.45) is 1.18. The molecule has 1 aromatic rings. The van der Waals surface area contributed by atoms with Crippen LogP contribution in [0.1, 0.15) is 38.8 Å². The summed E-state index contributed by atoms with van der Waals surface area (Å²) in [4.78, 5) is 0. The van der Waals surface area contributed by atoms with Crippen molar-refractivity contribution in [3.8, 4) is 0 Å². The van der Waals surface area contributed by atoms with E-state index in [0.29, 0.717) is 12.0 Å². The maximum Gasteiger partial charge on any atom is 0.0357 e. The first-order chi connectivity index (χ1) is 7.60. The first-order valence-corrected chi connectivity index (χ1v) is 7.37. The van der Waals surface area contributed by atoms with Gasteiger partial charge in [-0.15, -0.1) is 0 Å². The van der Waals surface area contributed by atoms with Crippen molar-refractivity contribution in [2.75, 3.05) is 6.54 Å². The molecular weight excluding hydrogens is 330 g/mol. The zero-order chi connectivity index (χ0) is 12.1. The molecule has 0 aliphatic carbocycles. The fourth-order valence-corrected chi connectivity index (χ4v) is 3.12. The Morgan fingerprint density at radius 3 is 2.44 bits per heavy atom. The molecule has 0 radical (unpaired) electrons. The molecule has 0 bridgehead atoms. The summed E-state index contributed by atoms with van der Waals surface area (Å²) < 4.78 is 2.29. The molecule has 2 unspecified atom stereocenters. The summed E-state index contributed by atoms with van der Waals surface area (Å²) in [5, 5.41) is 3.56. The molecule has 16 heavy (non-hydrogen) atoms. The Morgan fingerprint density at radius 1 is 1.25 bits per heavy atom. The van der Waals surface area contributed by atoms with Crippen LogP contribution in [-0.2, 0) is 0 Å². The van der Waals surface area contributed by atoms with Crippen LogP contribution in [0.4, 0.5) is 0 Å². The molecule has 0 saturated carbocycles. The van der Waals surface area contributed by atoms with Gasteiger partial charge in [0.1, 0.15) is 0 Å². The van der Waals surface area contributed by atoms with Crippen LogP contribution in [0.2, 0.25) is 0 Å².